The van der Waals surface area contributed by atoms with Crippen molar-refractivity contribution in [3.8, 4) is 0 Å². The van der Waals surface area contributed by atoms with Gasteiger partial charge >= 0.3 is 0 Å². The Balaban J connectivity index is 1.11. The van der Waals surface area contributed by atoms with Crippen molar-refractivity contribution in [2.45, 2.75) is 51.2 Å². The summed E-state index contributed by atoms with van der Waals surface area (Å²) < 4.78 is 1.56. The Labute approximate surface area is 183 Å². The zero-order valence-electron chi connectivity index (χ0n) is 18.0. The van der Waals surface area contributed by atoms with Crippen LogP contribution in [0.4, 0.5) is 0 Å². The topological polar surface area (TPSA) is 83.4 Å². The van der Waals surface area contributed by atoms with E-state index in [0.717, 1.165) is 58.4 Å². The fourth-order valence-electron chi connectivity index (χ4n) is 4.59. The summed E-state index contributed by atoms with van der Waals surface area (Å²) in [5.41, 5.74) is 1.32. The molecule has 4 rings (SSSR count). The summed E-state index contributed by atoms with van der Waals surface area (Å²) in [6, 6.07) is 10.7. The number of nitrogens with zero attached hydrogens (tertiary/aromatic N) is 5. The van der Waals surface area contributed by atoms with Crippen molar-refractivity contribution in [2.75, 3.05) is 26.2 Å². The molecule has 1 aromatic heterocycles. The van der Waals surface area contributed by atoms with Crippen molar-refractivity contribution in [1.82, 2.24) is 29.9 Å². The van der Waals surface area contributed by atoms with E-state index in [9.17, 15) is 9.59 Å². The molecule has 0 spiro atoms. The molecule has 2 aromatic rings. The summed E-state index contributed by atoms with van der Waals surface area (Å²) >= 11 is 0. The Hall–Kier alpha value is -2.74. The van der Waals surface area contributed by atoms with Crippen LogP contribution in [0.2, 0.25) is 0 Å². The van der Waals surface area contributed by atoms with Gasteiger partial charge < -0.3 is 10.2 Å². The Morgan fingerprint density at radius 3 is 2.61 bits per heavy atom. The highest BCUT2D eigenvalue weighted by Gasteiger charge is 2.26. The van der Waals surface area contributed by atoms with E-state index in [-0.39, 0.29) is 24.4 Å². The lowest BCUT2D eigenvalue weighted by molar-refractivity contribution is -0.133. The van der Waals surface area contributed by atoms with E-state index in [0.29, 0.717) is 12.3 Å². The normalized spacial score (nSPS) is 20.1. The number of aromatic nitrogens is 3. The molecule has 8 nitrogen and oxygen atoms in total. The second kappa shape index (κ2) is 10.5. The fourth-order valence-corrected chi connectivity index (χ4v) is 4.59. The zero-order chi connectivity index (χ0) is 21.5. The van der Waals surface area contributed by atoms with Crippen molar-refractivity contribution in [1.29, 1.82) is 0 Å². The third-order valence-electron chi connectivity index (χ3n) is 6.40. The quantitative estimate of drug-likeness (QED) is 0.697. The number of carbonyl (C=O) groups excluding carboxylic acids is 2. The van der Waals surface area contributed by atoms with Crippen LogP contribution in [0.5, 0.6) is 0 Å². The van der Waals surface area contributed by atoms with Crippen molar-refractivity contribution in [2.24, 2.45) is 5.92 Å². The lowest BCUT2D eigenvalue weighted by atomic mass is 9.92. The molecule has 1 atom stereocenters. The molecule has 1 aromatic carbocycles. The third kappa shape index (κ3) is 6.37. The van der Waals surface area contributed by atoms with Crippen LogP contribution in [0.15, 0.2) is 43.0 Å². The third-order valence-corrected chi connectivity index (χ3v) is 6.40. The molecule has 2 amide bonds. The number of piperidine rings is 1. The molecule has 166 valence electrons. The van der Waals surface area contributed by atoms with Gasteiger partial charge in [0, 0.05) is 45.2 Å². The summed E-state index contributed by atoms with van der Waals surface area (Å²) in [4.78, 5) is 33.0. The van der Waals surface area contributed by atoms with Gasteiger partial charge in [-0.3, -0.25) is 14.5 Å². The molecule has 8 heteroatoms. The smallest absolute Gasteiger partial charge is 0.244 e. The Kier molecular flexibility index (Phi) is 7.30. The van der Waals surface area contributed by atoms with E-state index < -0.39 is 0 Å². The van der Waals surface area contributed by atoms with Crippen molar-refractivity contribution in [3.05, 3.63) is 48.5 Å². The average molecular weight is 425 g/mol. The lowest BCUT2D eigenvalue weighted by Gasteiger charge is -2.32. The Morgan fingerprint density at radius 1 is 1.06 bits per heavy atom. The van der Waals surface area contributed by atoms with E-state index in [1.807, 2.05) is 11.0 Å². The van der Waals surface area contributed by atoms with Gasteiger partial charge in [0.15, 0.2) is 0 Å². The van der Waals surface area contributed by atoms with Gasteiger partial charge in [0.2, 0.25) is 11.8 Å². The minimum absolute atomic E-state index is 0.0861. The van der Waals surface area contributed by atoms with Crippen molar-refractivity contribution in [3.63, 3.8) is 0 Å². The maximum Gasteiger partial charge on any atom is 0.244 e. The van der Waals surface area contributed by atoms with Crippen LogP contribution in [-0.4, -0.2) is 68.6 Å². The van der Waals surface area contributed by atoms with Crippen LogP contribution in [0.3, 0.4) is 0 Å². The second-order valence-corrected chi connectivity index (χ2v) is 8.73. The first-order valence-electron chi connectivity index (χ1n) is 11.3. The molecule has 0 aliphatic carbocycles. The first-order chi connectivity index (χ1) is 15.2. The summed E-state index contributed by atoms with van der Waals surface area (Å²) in [5.74, 6) is 0.763. The highest BCUT2D eigenvalue weighted by molar-refractivity contribution is 5.76. The predicted molar refractivity (Wildman–Crippen MR) is 117 cm³/mol. The first kappa shape index (κ1) is 21.5. The second-order valence-electron chi connectivity index (χ2n) is 8.73. The van der Waals surface area contributed by atoms with Crippen LogP contribution >= 0.6 is 0 Å². The van der Waals surface area contributed by atoms with Gasteiger partial charge in [0.1, 0.15) is 19.2 Å². The molecular weight excluding hydrogens is 392 g/mol. The Morgan fingerprint density at radius 2 is 1.87 bits per heavy atom. The zero-order valence-corrected chi connectivity index (χ0v) is 18.0. The molecule has 0 saturated carbocycles. The van der Waals surface area contributed by atoms with Gasteiger partial charge in [0.05, 0.1) is 0 Å². The molecule has 1 unspecified atom stereocenters. The van der Waals surface area contributed by atoms with Gasteiger partial charge in [-0.15, -0.1) is 0 Å². The number of hydrogen-bond donors (Lipinski definition) is 1. The maximum absolute atomic E-state index is 12.4. The van der Waals surface area contributed by atoms with Crippen molar-refractivity contribution < 1.29 is 9.59 Å². The highest BCUT2D eigenvalue weighted by Crippen LogP contribution is 2.22. The summed E-state index contributed by atoms with van der Waals surface area (Å²) in [5, 5.41) is 7.22. The molecule has 2 fully saturated rings. The standard InChI is InChI=1S/C23H32N6O2/c30-22(26-21-10-11-27(15-21)14-20-4-2-1-3-5-20)7-6-19-8-12-28(13-9-19)23(31)16-29-18-24-17-25-29/h1-5,17-19,21H,6-16H2,(H,26,30). The van der Waals surface area contributed by atoms with E-state index in [1.54, 1.807) is 11.0 Å². The first-order valence-corrected chi connectivity index (χ1v) is 11.3. The van der Waals surface area contributed by atoms with Crippen LogP contribution in [-0.2, 0) is 22.7 Å². The van der Waals surface area contributed by atoms with Gasteiger partial charge in [-0.1, -0.05) is 30.3 Å². The van der Waals surface area contributed by atoms with E-state index in [1.165, 1.54) is 11.9 Å². The highest BCUT2D eigenvalue weighted by atomic mass is 16.2. The Bertz CT molecular complexity index is 833. The minimum atomic E-state index is 0.0861. The van der Waals surface area contributed by atoms with Gasteiger partial charge in [-0.25, -0.2) is 9.67 Å². The summed E-state index contributed by atoms with van der Waals surface area (Å²) in [6.07, 6.45) is 7.43. The number of carbonyl (C=O) groups is 2. The fraction of sp³-hybridized carbons (Fsp3) is 0.565. The molecule has 2 saturated heterocycles. The van der Waals surface area contributed by atoms with Gasteiger partial charge in [-0.2, -0.15) is 5.10 Å². The van der Waals surface area contributed by atoms with Crippen LogP contribution in [0.25, 0.3) is 0 Å². The van der Waals surface area contributed by atoms with Gasteiger partial charge in [0.25, 0.3) is 0 Å². The number of amides is 2. The maximum atomic E-state index is 12.4. The van der Waals surface area contributed by atoms with Crippen LogP contribution < -0.4 is 5.32 Å². The van der Waals surface area contributed by atoms with E-state index in [2.05, 4.69) is 44.6 Å². The predicted octanol–water partition coefficient (Wildman–Crippen LogP) is 1.69. The number of hydrogen-bond acceptors (Lipinski definition) is 5. The lowest BCUT2D eigenvalue weighted by Crippen LogP contribution is -2.41. The van der Waals surface area contributed by atoms with Crippen LogP contribution in [0, 0.1) is 5.92 Å². The summed E-state index contributed by atoms with van der Waals surface area (Å²) in [6.45, 7) is 4.67. The molecule has 2 aliphatic heterocycles. The largest absolute Gasteiger partial charge is 0.352 e. The van der Waals surface area contributed by atoms with Crippen molar-refractivity contribution >= 4 is 11.8 Å². The van der Waals surface area contributed by atoms with Gasteiger partial charge in [-0.05, 0) is 37.2 Å². The summed E-state index contributed by atoms with van der Waals surface area (Å²) in [7, 11) is 0. The molecular formula is C23H32N6O2. The SMILES string of the molecule is O=C(CCC1CCN(C(=O)Cn2cncn2)CC1)NC1CCN(Cc2ccccc2)C1. The number of likely N-dealkylation sites (tertiary alicyclic amines) is 2. The molecule has 0 radical (unpaired) electrons. The van der Waals surface area contributed by atoms with E-state index in [4.69, 9.17) is 0 Å². The van der Waals surface area contributed by atoms with Crippen LogP contribution in [0.1, 0.15) is 37.7 Å². The molecule has 1 N–H and O–H groups in total. The molecule has 3 heterocycles. The number of rotatable bonds is 8. The monoisotopic (exact) mass is 424 g/mol. The number of benzene rings is 1. The van der Waals surface area contributed by atoms with E-state index >= 15 is 0 Å². The minimum Gasteiger partial charge on any atom is -0.352 e. The molecule has 0 bridgehead atoms. The molecule has 31 heavy (non-hydrogen) atoms. The average Bonchev–Trinajstić information content (AvgIpc) is 3.45. The molecule has 2 aliphatic rings. The number of nitrogens with one attached hydrogen (secondary N) is 1.